The van der Waals surface area contributed by atoms with Crippen LogP contribution >= 0.6 is 34.8 Å². The highest BCUT2D eigenvalue weighted by Crippen LogP contribution is 2.35. The van der Waals surface area contributed by atoms with Crippen molar-refractivity contribution in [2.75, 3.05) is 23.3 Å². The minimum atomic E-state index is -4.15. The molecule has 3 aromatic rings. The number of hydrogen-bond acceptors (Lipinski definition) is 4. The molecule has 0 radical (unpaired) electrons. The monoisotopic (exact) mass is 512 g/mol. The Morgan fingerprint density at radius 1 is 1.03 bits per heavy atom. The number of amides is 1. The van der Waals surface area contributed by atoms with E-state index in [1.807, 2.05) is 6.92 Å². The molecule has 0 spiro atoms. The molecule has 6 nitrogen and oxygen atoms in total. The van der Waals surface area contributed by atoms with Gasteiger partial charge in [0.1, 0.15) is 12.3 Å². The van der Waals surface area contributed by atoms with Crippen LogP contribution in [-0.4, -0.2) is 28.0 Å². The molecule has 0 saturated carbocycles. The third-order valence-corrected chi connectivity index (χ3v) is 7.36. The van der Waals surface area contributed by atoms with E-state index >= 15 is 0 Å². The van der Waals surface area contributed by atoms with Crippen LogP contribution in [0.25, 0.3) is 0 Å². The maximum absolute atomic E-state index is 13.5. The van der Waals surface area contributed by atoms with Crippen molar-refractivity contribution in [1.29, 1.82) is 0 Å². The number of carbonyl (C=O) groups excluding carboxylic acids is 1. The summed E-state index contributed by atoms with van der Waals surface area (Å²) in [6.07, 6.45) is 0. The van der Waals surface area contributed by atoms with Gasteiger partial charge in [-0.3, -0.25) is 9.10 Å². The van der Waals surface area contributed by atoms with Crippen molar-refractivity contribution in [3.05, 3.63) is 81.3 Å². The summed E-state index contributed by atoms with van der Waals surface area (Å²) < 4.78 is 33.3. The fourth-order valence-corrected chi connectivity index (χ4v) is 4.85. The molecule has 0 aliphatic heterocycles. The summed E-state index contributed by atoms with van der Waals surface area (Å²) >= 11 is 18.3. The zero-order valence-electron chi connectivity index (χ0n) is 17.1. The van der Waals surface area contributed by atoms with Crippen LogP contribution < -0.4 is 14.4 Å². The van der Waals surface area contributed by atoms with Gasteiger partial charge in [0.25, 0.3) is 10.0 Å². The zero-order valence-corrected chi connectivity index (χ0v) is 20.2. The van der Waals surface area contributed by atoms with Crippen LogP contribution in [0.2, 0.25) is 15.1 Å². The van der Waals surface area contributed by atoms with E-state index in [-0.39, 0.29) is 37.1 Å². The molecule has 10 heteroatoms. The Balaban J connectivity index is 2.05. The topological polar surface area (TPSA) is 75.7 Å². The minimum absolute atomic E-state index is 0.0127. The van der Waals surface area contributed by atoms with E-state index in [1.165, 1.54) is 31.4 Å². The molecule has 32 heavy (non-hydrogen) atoms. The molecule has 0 bridgehead atoms. The normalized spacial score (nSPS) is 11.2. The van der Waals surface area contributed by atoms with Gasteiger partial charge in [-0.1, -0.05) is 58.6 Å². The standard InChI is InChI=1S/C22H19Cl3N2O4S/c1-14-6-9-16(10-7-14)32(29,30)27(19-12-15(23)8-11-20(19)31-2)13-21(28)26-18-5-3-4-17(24)22(18)25/h3-12H,13H2,1-2H3,(H,26,28). The number of nitrogens with zero attached hydrogens (tertiary/aromatic N) is 1. The van der Waals surface area contributed by atoms with Crippen molar-refractivity contribution in [3.8, 4) is 5.75 Å². The molecular formula is C22H19Cl3N2O4S. The highest BCUT2D eigenvalue weighted by molar-refractivity contribution is 7.92. The predicted molar refractivity (Wildman–Crippen MR) is 129 cm³/mol. The summed E-state index contributed by atoms with van der Waals surface area (Å²) in [4.78, 5) is 12.9. The second kappa shape index (κ2) is 10.0. The fraction of sp³-hybridized carbons (Fsp3) is 0.136. The maximum atomic E-state index is 13.5. The average Bonchev–Trinajstić information content (AvgIpc) is 2.75. The Bertz CT molecular complexity index is 1250. The molecule has 0 atom stereocenters. The molecular weight excluding hydrogens is 495 g/mol. The number of methoxy groups -OCH3 is 1. The lowest BCUT2D eigenvalue weighted by molar-refractivity contribution is -0.114. The van der Waals surface area contributed by atoms with Crippen LogP contribution in [0.1, 0.15) is 5.56 Å². The van der Waals surface area contributed by atoms with Gasteiger partial charge in [0.05, 0.1) is 33.4 Å². The Morgan fingerprint density at radius 2 is 1.72 bits per heavy atom. The number of hydrogen-bond donors (Lipinski definition) is 1. The van der Waals surface area contributed by atoms with Gasteiger partial charge in [-0.25, -0.2) is 8.42 Å². The molecule has 0 aromatic heterocycles. The molecule has 3 rings (SSSR count). The lowest BCUT2D eigenvalue weighted by Gasteiger charge is -2.26. The summed E-state index contributed by atoms with van der Waals surface area (Å²) in [6.45, 7) is 1.28. The van der Waals surface area contributed by atoms with Gasteiger partial charge in [0, 0.05) is 5.02 Å². The molecule has 168 valence electrons. The molecule has 1 N–H and O–H groups in total. The number of anilines is 2. The van der Waals surface area contributed by atoms with Crippen molar-refractivity contribution in [3.63, 3.8) is 0 Å². The zero-order chi connectivity index (χ0) is 23.5. The number of halogens is 3. The number of nitrogens with one attached hydrogen (secondary N) is 1. The van der Waals surface area contributed by atoms with Gasteiger partial charge >= 0.3 is 0 Å². The summed E-state index contributed by atoms with van der Waals surface area (Å²) in [7, 11) is -2.75. The molecule has 3 aromatic carbocycles. The van der Waals surface area contributed by atoms with E-state index in [9.17, 15) is 13.2 Å². The lowest BCUT2D eigenvalue weighted by atomic mass is 10.2. The number of ether oxygens (including phenoxy) is 1. The van der Waals surface area contributed by atoms with Crippen molar-refractivity contribution in [1.82, 2.24) is 0 Å². The molecule has 0 fully saturated rings. The number of rotatable bonds is 7. The van der Waals surface area contributed by atoms with Crippen molar-refractivity contribution in [2.45, 2.75) is 11.8 Å². The van der Waals surface area contributed by atoms with Crippen LogP contribution in [0.3, 0.4) is 0 Å². The third-order valence-electron chi connectivity index (χ3n) is 4.53. The van der Waals surface area contributed by atoms with Gasteiger partial charge in [0.2, 0.25) is 5.91 Å². The maximum Gasteiger partial charge on any atom is 0.264 e. The smallest absolute Gasteiger partial charge is 0.264 e. The Labute approximate surface area is 201 Å². The number of aryl methyl sites for hydroxylation is 1. The highest BCUT2D eigenvalue weighted by atomic mass is 35.5. The van der Waals surface area contributed by atoms with Gasteiger partial charge < -0.3 is 10.1 Å². The first-order valence-electron chi connectivity index (χ1n) is 9.30. The van der Waals surface area contributed by atoms with Crippen LogP contribution in [0.4, 0.5) is 11.4 Å². The van der Waals surface area contributed by atoms with Gasteiger partial charge in [-0.15, -0.1) is 0 Å². The first-order valence-corrected chi connectivity index (χ1v) is 11.9. The van der Waals surface area contributed by atoms with Crippen LogP contribution in [-0.2, 0) is 14.8 Å². The largest absolute Gasteiger partial charge is 0.495 e. The van der Waals surface area contributed by atoms with Gasteiger partial charge in [-0.05, 0) is 49.4 Å². The van der Waals surface area contributed by atoms with Crippen molar-refractivity contribution >= 4 is 62.1 Å². The van der Waals surface area contributed by atoms with E-state index in [2.05, 4.69) is 5.32 Å². The molecule has 0 saturated heterocycles. The Morgan fingerprint density at radius 3 is 2.38 bits per heavy atom. The number of carbonyl (C=O) groups is 1. The summed E-state index contributed by atoms with van der Waals surface area (Å²) in [6, 6.07) is 15.6. The molecule has 0 aliphatic rings. The Kier molecular flexibility index (Phi) is 7.56. The molecule has 0 heterocycles. The van der Waals surface area contributed by atoms with Crippen LogP contribution in [0.15, 0.2) is 65.6 Å². The van der Waals surface area contributed by atoms with E-state index < -0.39 is 22.5 Å². The lowest BCUT2D eigenvalue weighted by Crippen LogP contribution is -2.38. The Hall–Kier alpha value is -2.45. The van der Waals surface area contributed by atoms with Gasteiger partial charge in [-0.2, -0.15) is 0 Å². The predicted octanol–water partition coefficient (Wildman–Crippen LogP) is 5.80. The van der Waals surface area contributed by atoms with Crippen LogP contribution in [0.5, 0.6) is 5.75 Å². The van der Waals surface area contributed by atoms with Crippen molar-refractivity contribution in [2.24, 2.45) is 0 Å². The summed E-state index contributed by atoms with van der Waals surface area (Å²) in [5.41, 5.74) is 1.27. The molecule has 0 unspecified atom stereocenters. The van der Waals surface area contributed by atoms with Crippen molar-refractivity contribution < 1.29 is 17.9 Å². The SMILES string of the molecule is COc1ccc(Cl)cc1N(CC(=O)Nc1cccc(Cl)c1Cl)S(=O)(=O)c1ccc(C)cc1. The molecule has 0 aliphatic carbocycles. The first-order chi connectivity index (χ1) is 15.1. The van der Waals surface area contributed by atoms with E-state index in [0.29, 0.717) is 0 Å². The summed E-state index contributed by atoms with van der Waals surface area (Å²) in [5, 5.41) is 3.29. The molecule has 1 amide bonds. The highest BCUT2D eigenvalue weighted by Gasteiger charge is 2.30. The van der Waals surface area contributed by atoms with Crippen LogP contribution in [0, 0.1) is 6.92 Å². The summed E-state index contributed by atoms with van der Waals surface area (Å²) in [5.74, 6) is -0.398. The van der Waals surface area contributed by atoms with E-state index in [4.69, 9.17) is 39.5 Å². The number of benzene rings is 3. The third kappa shape index (κ3) is 5.30. The fourth-order valence-electron chi connectivity index (χ4n) is 2.92. The van der Waals surface area contributed by atoms with Gasteiger partial charge in [0.15, 0.2) is 0 Å². The minimum Gasteiger partial charge on any atom is -0.495 e. The average molecular weight is 514 g/mol. The second-order valence-corrected chi connectivity index (χ2v) is 9.87. The quantitative estimate of drug-likeness (QED) is 0.433. The number of sulfonamides is 1. The first kappa shape index (κ1) is 24.2. The second-order valence-electron chi connectivity index (χ2n) is 6.79. The van der Waals surface area contributed by atoms with E-state index in [0.717, 1.165) is 9.87 Å². The van der Waals surface area contributed by atoms with E-state index in [1.54, 1.807) is 36.4 Å².